The van der Waals surface area contributed by atoms with Crippen LogP contribution in [0.1, 0.15) is 38.5 Å². The van der Waals surface area contributed by atoms with Crippen molar-refractivity contribution in [1.82, 2.24) is 0 Å². The molecule has 2 rings (SSSR count). The minimum Gasteiger partial charge on any atom is -0.495 e. The molecule has 0 heterocycles. The van der Waals surface area contributed by atoms with Crippen LogP contribution in [0, 0.1) is 0 Å². The number of rotatable bonds is 3. The van der Waals surface area contributed by atoms with Crippen LogP contribution in [0.4, 0.5) is 5.69 Å². The number of hydrogen-bond donors (Lipinski definition) is 2. The molecule has 3 nitrogen and oxygen atoms in total. The smallest absolute Gasteiger partial charge is 0.141 e. The Morgan fingerprint density at radius 1 is 1.11 bits per heavy atom. The second-order valence-electron chi connectivity index (χ2n) is 5.01. The SMILES string of the molecule is COc1ccccc1N[C@H]1CCCCCC[C@@H]1O. The number of aliphatic hydroxyl groups excluding tert-OH is 1. The lowest BCUT2D eigenvalue weighted by Crippen LogP contribution is -2.34. The van der Waals surface area contributed by atoms with Gasteiger partial charge in [0.25, 0.3) is 0 Å². The Labute approximate surface area is 109 Å². The van der Waals surface area contributed by atoms with Gasteiger partial charge in [0.15, 0.2) is 0 Å². The third-order valence-corrected chi connectivity index (χ3v) is 3.68. The van der Waals surface area contributed by atoms with E-state index >= 15 is 0 Å². The number of methoxy groups -OCH3 is 1. The Kier molecular flexibility index (Phi) is 4.88. The largest absolute Gasteiger partial charge is 0.495 e. The number of ether oxygens (including phenoxy) is 1. The van der Waals surface area contributed by atoms with Gasteiger partial charge in [-0.1, -0.05) is 37.8 Å². The van der Waals surface area contributed by atoms with E-state index in [0.717, 1.165) is 30.7 Å². The highest BCUT2D eigenvalue weighted by molar-refractivity contribution is 5.56. The molecule has 1 aromatic rings. The van der Waals surface area contributed by atoms with Gasteiger partial charge in [0.2, 0.25) is 0 Å². The van der Waals surface area contributed by atoms with Gasteiger partial charge in [-0.05, 0) is 25.0 Å². The van der Waals surface area contributed by atoms with Crippen LogP contribution >= 0.6 is 0 Å². The Morgan fingerprint density at radius 3 is 2.61 bits per heavy atom. The summed E-state index contributed by atoms with van der Waals surface area (Å²) in [5.74, 6) is 0.840. The summed E-state index contributed by atoms with van der Waals surface area (Å²) in [5.41, 5.74) is 0.977. The van der Waals surface area contributed by atoms with Crippen LogP contribution in [0.25, 0.3) is 0 Å². The highest BCUT2D eigenvalue weighted by atomic mass is 16.5. The average Bonchev–Trinajstić information content (AvgIpc) is 2.39. The maximum Gasteiger partial charge on any atom is 0.141 e. The lowest BCUT2D eigenvalue weighted by molar-refractivity contribution is 0.128. The first kappa shape index (κ1) is 13.2. The van der Waals surface area contributed by atoms with Crippen molar-refractivity contribution >= 4 is 5.69 Å². The van der Waals surface area contributed by atoms with Crippen LogP contribution in [-0.4, -0.2) is 24.4 Å². The van der Waals surface area contributed by atoms with Gasteiger partial charge in [-0.25, -0.2) is 0 Å². The summed E-state index contributed by atoms with van der Waals surface area (Å²) in [6.45, 7) is 0. The molecular formula is C15H23NO2. The number of aliphatic hydroxyl groups is 1. The minimum atomic E-state index is -0.254. The summed E-state index contributed by atoms with van der Waals surface area (Å²) in [6.07, 6.45) is 6.51. The van der Waals surface area contributed by atoms with E-state index < -0.39 is 0 Å². The van der Waals surface area contributed by atoms with E-state index in [4.69, 9.17) is 4.74 Å². The molecule has 100 valence electrons. The average molecular weight is 249 g/mol. The maximum atomic E-state index is 10.2. The quantitative estimate of drug-likeness (QED) is 0.864. The van der Waals surface area contributed by atoms with Gasteiger partial charge in [0.1, 0.15) is 5.75 Å². The van der Waals surface area contributed by atoms with Gasteiger partial charge in [-0.2, -0.15) is 0 Å². The summed E-state index contributed by atoms with van der Waals surface area (Å²) in [6, 6.07) is 8.03. The Balaban J connectivity index is 2.05. The van der Waals surface area contributed by atoms with E-state index in [1.54, 1.807) is 7.11 Å². The van der Waals surface area contributed by atoms with E-state index in [1.807, 2.05) is 24.3 Å². The molecule has 3 heteroatoms. The molecule has 1 aliphatic carbocycles. The Morgan fingerprint density at radius 2 is 1.83 bits per heavy atom. The number of nitrogens with one attached hydrogen (secondary N) is 1. The third-order valence-electron chi connectivity index (χ3n) is 3.68. The zero-order valence-corrected chi connectivity index (χ0v) is 11.1. The number of benzene rings is 1. The van der Waals surface area contributed by atoms with Crippen molar-refractivity contribution in [3.8, 4) is 5.75 Å². The van der Waals surface area contributed by atoms with Crippen LogP contribution in [0.15, 0.2) is 24.3 Å². The Hall–Kier alpha value is -1.22. The van der Waals surface area contributed by atoms with Gasteiger partial charge in [0.05, 0.1) is 24.9 Å². The van der Waals surface area contributed by atoms with Crippen LogP contribution in [0.3, 0.4) is 0 Å². The van der Waals surface area contributed by atoms with Crippen molar-refractivity contribution in [3.63, 3.8) is 0 Å². The molecule has 0 amide bonds. The zero-order valence-electron chi connectivity index (χ0n) is 11.1. The van der Waals surface area contributed by atoms with Gasteiger partial charge < -0.3 is 15.2 Å². The van der Waals surface area contributed by atoms with Crippen LogP contribution in [0.2, 0.25) is 0 Å². The summed E-state index contributed by atoms with van der Waals surface area (Å²) >= 11 is 0. The predicted molar refractivity (Wildman–Crippen MR) is 74.1 cm³/mol. The number of anilines is 1. The molecule has 0 spiro atoms. The van der Waals surface area contributed by atoms with Crippen LogP contribution in [0.5, 0.6) is 5.75 Å². The Bertz CT molecular complexity index is 367. The van der Waals surface area contributed by atoms with Crippen molar-refractivity contribution in [2.45, 2.75) is 50.7 Å². The fourth-order valence-corrected chi connectivity index (χ4v) is 2.60. The third kappa shape index (κ3) is 3.39. The molecule has 0 saturated heterocycles. The van der Waals surface area contributed by atoms with Crippen molar-refractivity contribution in [3.05, 3.63) is 24.3 Å². The summed E-state index contributed by atoms with van der Waals surface area (Å²) < 4.78 is 5.33. The van der Waals surface area contributed by atoms with Crippen LogP contribution in [-0.2, 0) is 0 Å². The summed E-state index contributed by atoms with van der Waals surface area (Å²) in [5, 5.41) is 13.6. The highest BCUT2D eigenvalue weighted by Gasteiger charge is 2.21. The maximum absolute atomic E-state index is 10.2. The van der Waals surface area contributed by atoms with Gasteiger partial charge >= 0.3 is 0 Å². The molecule has 2 atom stereocenters. The monoisotopic (exact) mass is 249 g/mol. The van der Waals surface area contributed by atoms with Gasteiger partial charge in [-0.3, -0.25) is 0 Å². The molecular weight excluding hydrogens is 226 g/mol. The molecule has 1 aromatic carbocycles. The van der Waals surface area contributed by atoms with E-state index in [-0.39, 0.29) is 12.1 Å². The van der Waals surface area contributed by atoms with Gasteiger partial charge in [-0.15, -0.1) is 0 Å². The van der Waals surface area contributed by atoms with Crippen molar-refractivity contribution in [1.29, 1.82) is 0 Å². The molecule has 18 heavy (non-hydrogen) atoms. The predicted octanol–water partition coefficient (Wildman–Crippen LogP) is 3.19. The lowest BCUT2D eigenvalue weighted by atomic mass is 9.94. The van der Waals surface area contributed by atoms with Gasteiger partial charge in [0, 0.05) is 0 Å². The molecule has 0 unspecified atom stereocenters. The second-order valence-corrected chi connectivity index (χ2v) is 5.01. The summed E-state index contributed by atoms with van der Waals surface area (Å²) in [7, 11) is 1.68. The van der Waals surface area contributed by atoms with E-state index in [9.17, 15) is 5.11 Å². The lowest BCUT2D eigenvalue weighted by Gasteiger charge is -2.27. The first-order valence-electron chi connectivity index (χ1n) is 6.89. The molecule has 0 aliphatic heterocycles. The molecule has 0 bridgehead atoms. The first-order valence-corrected chi connectivity index (χ1v) is 6.89. The molecule has 0 radical (unpaired) electrons. The first-order chi connectivity index (χ1) is 8.81. The fourth-order valence-electron chi connectivity index (χ4n) is 2.60. The normalized spacial score (nSPS) is 25.0. The summed E-state index contributed by atoms with van der Waals surface area (Å²) in [4.78, 5) is 0. The molecule has 1 fully saturated rings. The zero-order chi connectivity index (χ0) is 12.8. The second kappa shape index (κ2) is 6.64. The number of hydrogen-bond acceptors (Lipinski definition) is 3. The van der Waals surface area contributed by atoms with E-state index in [0.29, 0.717) is 0 Å². The molecule has 0 aromatic heterocycles. The van der Waals surface area contributed by atoms with Crippen molar-refractivity contribution < 1.29 is 9.84 Å². The van der Waals surface area contributed by atoms with E-state index in [1.165, 1.54) is 19.3 Å². The topological polar surface area (TPSA) is 41.5 Å². The minimum absolute atomic E-state index is 0.140. The van der Waals surface area contributed by atoms with Crippen molar-refractivity contribution in [2.75, 3.05) is 12.4 Å². The fraction of sp³-hybridized carbons (Fsp3) is 0.600. The van der Waals surface area contributed by atoms with Crippen molar-refractivity contribution in [2.24, 2.45) is 0 Å². The van der Waals surface area contributed by atoms with Crippen LogP contribution < -0.4 is 10.1 Å². The molecule has 1 saturated carbocycles. The standard InChI is InChI=1S/C15H23NO2/c1-18-15-11-7-6-9-13(15)16-12-8-4-2-3-5-10-14(12)17/h6-7,9,11-12,14,16-17H,2-5,8,10H2,1H3/t12-,14-/m0/s1. The molecule has 2 N–H and O–H groups in total. The van der Waals surface area contributed by atoms with E-state index in [2.05, 4.69) is 5.32 Å². The highest BCUT2D eigenvalue weighted by Crippen LogP contribution is 2.27. The number of para-hydroxylation sites is 2. The molecule has 1 aliphatic rings.